The Bertz CT molecular complexity index is 424. The van der Waals surface area contributed by atoms with Gasteiger partial charge in [0, 0.05) is 12.3 Å². The number of hydrogen-bond acceptors (Lipinski definition) is 3. The Morgan fingerprint density at radius 3 is 2.76 bits per heavy atom. The van der Waals surface area contributed by atoms with Crippen LogP contribution in [0.5, 0.6) is 0 Å². The van der Waals surface area contributed by atoms with Crippen molar-refractivity contribution in [2.45, 2.75) is 63.8 Å². The molecule has 2 saturated carbocycles. The second-order valence-corrected chi connectivity index (χ2v) is 7.41. The van der Waals surface area contributed by atoms with E-state index in [1.165, 1.54) is 25.7 Å². The third-order valence-electron chi connectivity index (χ3n) is 6.50. The number of rotatable bonds is 2. The first-order valence-corrected chi connectivity index (χ1v) is 8.91. The van der Waals surface area contributed by atoms with Gasteiger partial charge in [0.05, 0.1) is 19.3 Å². The molecule has 5 atom stereocenters. The predicted molar refractivity (Wildman–Crippen MR) is 80.7 cm³/mol. The Morgan fingerprint density at radius 2 is 2.00 bits per heavy atom. The zero-order chi connectivity index (χ0) is 14.4. The van der Waals surface area contributed by atoms with Crippen LogP contribution in [0.15, 0.2) is 11.6 Å². The summed E-state index contributed by atoms with van der Waals surface area (Å²) in [6, 6.07) is 0. The molecule has 3 nitrogen and oxygen atoms in total. The SMILES string of the molecule is CCC[C@@H]1C2=CCC3C(CC[C@@H]3O)C2CCC12OCCO2. The number of aliphatic hydroxyl groups excluding tert-OH is 1. The van der Waals surface area contributed by atoms with Crippen LogP contribution in [-0.2, 0) is 9.47 Å². The monoisotopic (exact) mass is 292 g/mol. The highest BCUT2D eigenvalue weighted by Crippen LogP contribution is 2.56. The number of hydrogen-bond donors (Lipinski definition) is 1. The van der Waals surface area contributed by atoms with E-state index in [1.54, 1.807) is 5.57 Å². The quantitative estimate of drug-likeness (QED) is 0.794. The predicted octanol–water partition coefficient (Wildman–Crippen LogP) is 3.27. The number of ether oxygens (including phenoxy) is 2. The summed E-state index contributed by atoms with van der Waals surface area (Å²) in [5, 5.41) is 10.2. The second-order valence-electron chi connectivity index (χ2n) is 7.41. The molecule has 1 aliphatic heterocycles. The van der Waals surface area contributed by atoms with Gasteiger partial charge in [-0.25, -0.2) is 0 Å². The topological polar surface area (TPSA) is 38.7 Å². The fraction of sp³-hybridized carbons (Fsp3) is 0.889. The maximum absolute atomic E-state index is 10.2. The van der Waals surface area contributed by atoms with Gasteiger partial charge in [-0.05, 0) is 49.9 Å². The van der Waals surface area contributed by atoms with Crippen LogP contribution in [0.4, 0.5) is 0 Å². The molecular weight excluding hydrogens is 264 g/mol. The van der Waals surface area contributed by atoms with E-state index >= 15 is 0 Å². The largest absolute Gasteiger partial charge is 0.393 e. The molecule has 1 heterocycles. The van der Waals surface area contributed by atoms with Gasteiger partial charge in [-0.2, -0.15) is 0 Å². The van der Waals surface area contributed by atoms with Crippen LogP contribution in [0.25, 0.3) is 0 Å². The van der Waals surface area contributed by atoms with E-state index in [2.05, 4.69) is 13.0 Å². The van der Waals surface area contributed by atoms with Gasteiger partial charge in [0.2, 0.25) is 0 Å². The zero-order valence-electron chi connectivity index (χ0n) is 13.1. The van der Waals surface area contributed by atoms with Crippen molar-refractivity contribution in [2.24, 2.45) is 23.7 Å². The van der Waals surface area contributed by atoms with Gasteiger partial charge in [0.1, 0.15) is 0 Å². The van der Waals surface area contributed by atoms with Crippen LogP contribution < -0.4 is 0 Å². The van der Waals surface area contributed by atoms with E-state index in [1.807, 2.05) is 0 Å². The minimum Gasteiger partial charge on any atom is -0.393 e. The van der Waals surface area contributed by atoms with Crippen molar-refractivity contribution >= 4 is 0 Å². The van der Waals surface area contributed by atoms with Crippen LogP contribution >= 0.6 is 0 Å². The van der Waals surface area contributed by atoms with E-state index in [9.17, 15) is 5.11 Å². The summed E-state index contributed by atoms with van der Waals surface area (Å²) in [7, 11) is 0. The lowest BCUT2D eigenvalue weighted by Crippen LogP contribution is -2.48. The van der Waals surface area contributed by atoms with E-state index < -0.39 is 0 Å². The molecule has 0 bridgehead atoms. The van der Waals surface area contributed by atoms with Crippen LogP contribution in [0.2, 0.25) is 0 Å². The Balaban J connectivity index is 1.65. The lowest BCUT2D eigenvalue weighted by molar-refractivity contribution is -0.208. The Morgan fingerprint density at radius 1 is 1.19 bits per heavy atom. The summed E-state index contributed by atoms with van der Waals surface area (Å²) in [6.45, 7) is 3.77. The fourth-order valence-electron chi connectivity index (χ4n) is 5.64. The van der Waals surface area contributed by atoms with Crippen molar-refractivity contribution in [1.29, 1.82) is 0 Å². The molecule has 21 heavy (non-hydrogen) atoms. The van der Waals surface area contributed by atoms with Crippen LogP contribution in [-0.4, -0.2) is 30.2 Å². The Kier molecular flexibility index (Phi) is 3.63. The summed E-state index contributed by atoms with van der Waals surface area (Å²) in [6.07, 6.45) is 10.2. The number of fused-ring (bicyclic) bond motifs is 3. The molecule has 1 saturated heterocycles. The van der Waals surface area contributed by atoms with Crippen LogP contribution in [0.1, 0.15) is 51.9 Å². The molecule has 0 aromatic rings. The Labute approximate surface area is 127 Å². The first-order chi connectivity index (χ1) is 10.2. The third-order valence-corrected chi connectivity index (χ3v) is 6.50. The fourth-order valence-corrected chi connectivity index (χ4v) is 5.64. The van der Waals surface area contributed by atoms with Crippen molar-refractivity contribution in [3.05, 3.63) is 11.6 Å². The molecular formula is C18H28O3. The molecule has 1 spiro atoms. The van der Waals surface area contributed by atoms with Gasteiger partial charge < -0.3 is 14.6 Å². The highest BCUT2D eigenvalue weighted by molar-refractivity contribution is 5.24. The molecule has 4 rings (SSSR count). The molecule has 0 radical (unpaired) electrons. The molecule has 3 unspecified atom stereocenters. The zero-order valence-corrected chi connectivity index (χ0v) is 13.1. The number of aliphatic hydroxyl groups is 1. The third kappa shape index (κ3) is 2.12. The van der Waals surface area contributed by atoms with Gasteiger partial charge in [-0.3, -0.25) is 0 Å². The average Bonchev–Trinajstić information content (AvgIpc) is 3.10. The van der Waals surface area contributed by atoms with Gasteiger partial charge in [-0.1, -0.05) is 25.0 Å². The Hall–Kier alpha value is -0.380. The molecule has 118 valence electrons. The smallest absolute Gasteiger partial charge is 0.174 e. The van der Waals surface area contributed by atoms with Crippen LogP contribution in [0, 0.1) is 23.7 Å². The van der Waals surface area contributed by atoms with E-state index in [0.717, 1.165) is 32.5 Å². The van der Waals surface area contributed by atoms with E-state index in [4.69, 9.17) is 9.47 Å². The van der Waals surface area contributed by atoms with E-state index in [-0.39, 0.29) is 11.9 Å². The highest BCUT2D eigenvalue weighted by atomic mass is 16.7. The van der Waals surface area contributed by atoms with Crippen molar-refractivity contribution in [1.82, 2.24) is 0 Å². The lowest BCUT2D eigenvalue weighted by atomic mass is 9.61. The molecule has 0 amide bonds. The number of allylic oxidation sites excluding steroid dienone is 1. The minimum atomic E-state index is -0.317. The standard InChI is InChI=1S/C18H28O3/c1-2-3-16-14-4-5-15-12(6-7-17(15)19)13(14)8-9-18(16)20-10-11-21-18/h4,12-13,15-17,19H,2-3,5-11H2,1H3/t12?,13?,15?,16-,17+/m1/s1. The minimum absolute atomic E-state index is 0.0627. The molecule has 3 heteroatoms. The molecule has 4 aliphatic rings. The lowest BCUT2D eigenvalue weighted by Gasteiger charge is -2.49. The summed E-state index contributed by atoms with van der Waals surface area (Å²) in [4.78, 5) is 0. The maximum atomic E-state index is 10.2. The summed E-state index contributed by atoms with van der Waals surface area (Å²) >= 11 is 0. The van der Waals surface area contributed by atoms with E-state index in [0.29, 0.717) is 23.7 Å². The van der Waals surface area contributed by atoms with Gasteiger partial charge in [0.15, 0.2) is 5.79 Å². The second kappa shape index (κ2) is 5.36. The van der Waals surface area contributed by atoms with Crippen molar-refractivity contribution in [3.8, 4) is 0 Å². The summed E-state index contributed by atoms with van der Waals surface area (Å²) < 4.78 is 12.2. The van der Waals surface area contributed by atoms with Crippen molar-refractivity contribution < 1.29 is 14.6 Å². The first-order valence-electron chi connectivity index (χ1n) is 8.91. The van der Waals surface area contributed by atoms with Crippen LogP contribution in [0.3, 0.4) is 0 Å². The molecule has 0 aromatic carbocycles. The van der Waals surface area contributed by atoms with Gasteiger partial charge in [-0.15, -0.1) is 0 Å². The average molecular weight is 292 g/mol. The highest BCUT2D eigenvalue weighted by Gasteiger charge is 2.54. The first kappa shape index (κ1) is 14.2. The molecule has 0 aromatic heterocycles. The molecule has 1 N–H and O–H groups in total. The van der Waals surface area contributed by atoms with Gasteiger partial charge in [0.25, 0.3) is 0 Å². The normalized spacial score (nSPS) is 44.5. The molecule has 3 aliphatic carbocycles. The summed E-state index contributed by atoms with van der Waals surface area (Å²) in [5.74, 6) is 2.03. The summed E-state index contributed by atoms with van der Waals surface area (Å²) in [5.41, 5.74) is 1.61. The van der Waals surface area contributed by atoms with Crippen molar-refractivity contribution in [2.75, 3.05) is 13.2 Å². The van der Waals surface area contributed by atoms with Crippen molar-refractivity contribution in [3.63, 3.8) is 0 Å². The maximum Gasteiger partial charge on any atom is 0.174 e. The van der Waals surface area contributed by atoms with Gasteiger partial charge >= 0.3 is 0 Å². The molecule has 3 fully saturated rings.